The fraction of sp³-hybridized carbons (Fsp3) is 0.632. The van der Waals surface area contributed by atoms with Gasteiger partial charge in [-0.1, -0.05) is 26.0 Å². The molecule has 1 aliphatic carbocycles. The van der Waals surface area contributed by atoms with Crippen LogP contribution in [0.1, 0.15) is 82.1 Å². The summed E-state index contributed by atoms with van der Waals surface area (Å²) >= 11 is 0. The van der Waals surface area contributed by atoms with Gasteiger partial charge >= 0.3 is 5.97 Å². The van der Waals surface area contributed by atoms with Gasteiger partial charge in [0.1, 0.15) is 5.60 Å². The molecule has 2 rings (SSSR count). The predicted molar refractivity (Wildman–Crippen MR) is 86.6 cm³/mol. The van der Waals surface area contributed by atoms with Crippen molar-refractivity contribution in [2.45, 2.75) is 71.8 Å². The van der Waals surface area contributed by atoms with Gasteiger partial charge in [0.05, 0.1) is 5.56 Å². The molecule has 0 heterocycles. The van der Waals surface area contributed by atoms with Crippen LogP contribution in [0.5, 0.6) is 0 Å². The fourth-order valence-electron chi connectivity index (χ4n) is 2.99. The van der Waals surface area contributed by atoms with Crippen molar-refractivity contribution in [3.8, 4) is 0 Å². The molecule has 0 unspecified atom stereocenters. The molecule has 1 aromatic rings. The van der Waals surface area contributed by atoms with Gasteiger partial charge in [-0.15, -0.1) is 0 Å². The second-order valence-corrected chi connectivity index (χ2v) is 8.07. The van der Waals surface area contributed by atoms with E-state index in [9.17, 15) is 4.79 Å². The molecule has 0 atom stereocenters. The Balaban J connectivity index is 2.10. The average Bonchev–Trinajstić information content (AvgIpc) is 2.37. The Kier molecular flexibility index (Phi) is 4.46. The van der Waals surface area contributed by atoms with Gasteiger partial charge in [0.15, 0.2) is 0 Å². The number of hydrogen-bond donors (Lipinski definition) is 0. The van der Waals surface area contributed by atoms with Crippen LogP contribution in [-0.2, 0) is 4.74 Å². The molecule has 0 aromatic heterocycles. The van der Waals surface area contributed by atoms with E-state index in [4.69, 9.17) is 4.74 Å². The lowest BCUT2D eigenvalue weighted by molar-refractivity contribution is 0.00693. The van der Waals surface area contributed by atoms with Crippen LogP contribution >= 0.6 is 0 Å². The number of benzene rings is 1. The molecule has 0 spiro atoms. The van der Waals surface area contributed by atoms with E-state index in [0.717, 1.165) is 0 Å². The minimum Gasteiger partial charge on any atom is -0.456 e. The van der Waals surface area contributed by atoms with Crippen molar-refractivity contribution in [2.75, 3.05) is 0 Å². The largest absolute Gasteiger partial charge is 0.456 e. The van der Waals surface area contributed by atoms with Crippen LogP contribution in [0, 0.1) is 5.41 Å². The fourth-order valence-corrected chi connectivity index (χ4v) is 2.99. The second kappa shape index (κ2) is 5.82. The van der Waals surface area contributed by atoms with Gasteiger partial charge in [-0.05, 0) is 75.5 Å². The number of rotatable bonds is 2. The maximum Gasteiger partial charge on any atom is 0.338 e. The van der Waals surface area contributed by atoms with Gasteiger partial charge in [-0.2, -0.15) is 0 Å². The molecule has 0 radical (unpaired) electrons. The van der Waals surface area contributed by atoms with Crippen LogP contribution in [0.4, 0.5) is 0 Å². The van der Waals surface area contributed by atoms with Crippen molar-refractivity contribution in [1.82, 2.24) is 0 Å². The van der Waals surface area contributed by atoms with Gasteiger partial charge in [0.2, 0.25) is 0 Å². The quantitative estimate of drug-likeness (QED) is 0.688. The Hall–Kier alpha value is -1.31. The zero-order valence-electron chi connectivity index (χ0n) is 14.0. The molecule has 0 saturated heterocycles. The molecule has 1 fully saturated rings. The van der Waals surface area contributed by atoms with Crippen LogP contribution in [0.25, 0.3) is 0 Å². The summed E-state index contributed by atoms with van der Waals surface area (Å²) in [6.07, 6.45) is 4.94. The summed E-state index contributed by atoms with van der Waals surface area (Å²) in [7, 11) is 0. The first-order chi connectivity index (χ1) is 9.66. The van der Waals surface area contributed by atoms with E-state index in [1.165, 1.54) is 31.2 Å². The van der Waals surface area contributed by atoms with Crippen LogP contribution in [0.15, 0.2) is 24.3 Å². The summed E-state index contributed by atoms with van der Waals surface area (Å²) in [6.45, 7) is 10.4. The first kappa shape index (κ1) is 16.1. The normalized spacial score (nSPS) is 19.3. The van der Waals surface area contributed by atoms with Gasteiger partial charge in [0.25, 0.3) is 0 Å². The summed E-state index contributed by atoms with van der Waals surface area (Å²) in [6, 6.07) is 8.01. The Morgan fingerprint density at radius 1 is 1.19 bits per heavy atom. The van der Waals surface area contributed by atoms with E-state index in [1.54, 1.807) is 0 Å². The zero-order valence-corrected chi connectivity index (χ0v) is 14.0. The van der Waals surface area contributed by atoms with Crippen molar-refractivity contribution >= 4 is 5.97 Å². The van der Waals surface area contributed by atoms with Gasteiger partial charge in [-0.25, -0.2) is 4.79 Å². The standard InChI is InChI=1S/C19H28O2/c1-18(2,3)21-17(20)16-8-6-7-15(13-16)14-9-11-19(4,5)12-10-14/h6-8,13-14H,9-12H2,1-5H3. The van der Waals surface area contributed by atoms with Gasteiger partial charge in [-0.3, -0.25) is 0 Å². The van der Waals surface area contributed by atoms with E-state index < -0.39 is 5.60 Å². The molecule has 0 N–H and O–H groups in total. The molecule has 0 amide bonds. The minimum atomic E-state index is -0.443. The van der Waals surface area contributed by atoms with Crippen molar-refractivity contribution in [3.05, 3.63) is 35.4 Å². The lowest BCUT2D eigenvalue weighted by atomic mass is 9.71. The first-order valence-electron chi connectivity index (χ1n) is 8.00. The lowest BCUT2D eigenvalue weighted by Crippen LogP contribution is -2.24. The van der Waals surface area contributed by atoms with Crippen LogP contribution < -0.4 is 0 Å². The molecule has 1 aliphatic rings. The number of esters is 1. The molecule has 1 saturated carbocycles. The summed E-state index contributed by atoms with van der Waals surface area (Å²) in [5.74, 6) is 0.362. The molecule has 21 heavy (non-hydrogen) atoms. The van der Waals surface area contributed by atoms with Crippen LogP contribution in [0.3, 0.4) is 0 Å². The van der Waals surface area contributed by atoms with E-state index in [0.29, 0.717) is 16.9 Å². The third-order valence-electron chi connectivity index (χ3n) is 4.33. The molecule has 0 aliphatic heterocycles. The SMILES string of the molecule is CC1(C)CCC(c2cccc(C(=O)OC(C)(C)C)c2)CC1. The minimum absolute atomic E-state index is 0.222. The highest BCUT2D eigenvalue weighted by molar-refractivity contribution is 5.89. The first-order valence-corrected chi connectivity index (χ1v) is 8.00. The summed E-state index contributed by atoms with van der Waals surface area (Å²) < 4.78 is 5.46. The second-order valence-electron chi connectivity index (χ2n) is 8.07. The number of carbonyl (C=O) groups is 1. The molecule has 2 nitrogen and oxygen atoms in total. The van der Waals surface area contributed by atoms with Crippen LogP contribution in [-0.4, -0.2) is 11.6 Å². The van der Waals surface area contributed by atoms with Crippen molar-refractivity contribution in [1.29, 1.82) is 0 Å². The molecular formula is C19H28O2. The lowest BCUT2D eigenvalue weighted by Gasteiger charge is -2.34. The van der Waals surface area contributed by atoms with E-state index in [2.05, 4.69) is 19.9 Å². The Bertz CT molecular complexity index is 499. The predicted octanol–water partition coefficient (Wildman–Crippen LogP) is 5.33. The van der Waals surface area contributed by atoms with E-state index in [-0.39, 0.29) is 5.97 Å². The highest BCUT2D eigenvalue weighted by Crippen LogP contribution is 2.42. The Morgan fingerprint density at radius 3 is 2.38 bits per heavy atom. The summed E-state index contributed by atoms with van der Waals surface area (Å²) in [5, 5.41) is 0. The Labute approximate surface area is 128 Å². The van der Waals surface area contributed by atoms with Crippen molar-refractivity contribution in [3.63, 3.8) is 0 Å². The van der Waals surface area contributed by atoms with Crippen molar-refractivity contribution < 1.29 is 9.53 Å². The number of carbonyl (C=O) groups excluding carboxylic acids is 1. The molecule has 0 bridgehead atoms. The Morgan fingerprint density at radius 2 is 1.81 bits per heavy atom. The molecule has 2 heteroatoms. The van der Waals surface area contributed by atoms with Gasteiger partial charge in [0, 0.05) is 0 Å². The average molecular weight is 288 g/mol. The molecule has 116 valence electrons. The maximum atomic E-state index is 12.2. The third-order valence-corrected chi connectivity index (χ3v) is 4.33. The topological polar surface area (TPSA) is 26.3 Å². The third kappa shape index (κ3) is 4.59. The monoisotopic (exact) mass is 288 g/mol. The number of hydrogen-bond acceptors (Lipinski definition) is 2. The van der Waals surface area contributed by atoms with Crippen LogP contribution in [0.2, 0.25) is 0 Å². The smallest absolute Gasteiger partial charge is 0.338 e. The van der Waals surface area contributed by atoms with E-state index in [1.807, 2.05) is 39.0 Å². The van der Waals surface area contributed by atoms with Crippen molar-refractivity contribution in [2.24, 2.45) is 5.41 Å². The zero-order chi connectivity index (χ0) is 15.7. The van der Waals surface area contributed by atoms with Gasteiger partial charge < -0.3 is 4.74 Å². The highest BCUT2D eigenvalue weighted by Gasteiger charge is 2.28. The molecule has 1 aromatic carbocycles. The number of ether oxygens (including phenoxy) is 1. The molecular weight excluding hydrogens is 260 g/mol. The highest BCUT2D eigenvalue weighted by atomic mass is 16.6. The summed E-state index contributed by atoms with van der Waals surface area (Å²) in [5.41, 5.74) is 1.99. The summed E-state index contributed by atoms with van der Waals surface area (Å²) in [4.78, 5) is 12.2. The van der Waals surface area contributed by atoms with E-state index >= 15 is 0 Å². The maximum absolute atomic E-state index is 12.2.